The second-order valence-electron chi connectivity index (χ2n) is 3.89. The van der Waals surface area contributed by atoms with Crippen LogP contribution in [0.15, 0.2) is 0 Å². The molecule has 0 amide bonds. The van der Waals surface area contributed by atoms with Crippen molar-refractivity contribution in [1.29, 1.82) is 0 Å². The zero-order valence-corrected chi connectivity index (χ0v) is 9.47. The summed E-state index contributed by atoms with van der Waals surface area (Å²) in [4.78, 5) is 0. The topological polar surface area (TPSA) is 26.0 Å². The van der Waals surface area contributed by atoms with Gasteiger partial charge >= 0.3 is 0 Å². The molecule has 0 radical (unpaired) electrons. The fourth-order valence-electron chi connectivity index (χ4n) is 1.78. The Bertz CT molecular complexity index is 127. The normalized spacial score (nSPS) is 33.2. The summed E-state index contributed by atoms with van der Waals surface area (Å²) in [6.07, 6.45) is 0.713. The average molecular weight is 207 g/mol. The lowest BCUT2D eigenvalue weighted by atomic mass is 9.98. The fourth-order valence-corrected chi connectivity index (χ4v) is 1.78. The summed E-state index contributed by atoms with van der Waals surface area (Å²) in [6.45, 7) is 6.05. The van der Waals surface area contributed by atoms with Crippen molar-refractivity contribution in [1.82, 2.24) is 0 Å². The van der Waals surface area contributed by atoms with Crippen molar-refractivity contribution >= 4 is 0 Å². The molecule has 1 rings (SSSR count). The van der Waals surface area contributed by atoms with Crippen LogP contribution in [0.3, 0.4) is 0 Å². The summed E-state index contributed by atoms with van der Waals surface area (Å²) in [6, 6.07) is 0.133. The second kappa shape index (κ2) is 7.16. The Morgan fingerprint density at radius 2 is 1.57 bits per heavy atom. The number of alkyl halides is 2. The lowest BCUT2D eigenvalue weighted by molar-refractivity contribution is 0.0682. The van der Waals surface area contributed by atoms with Crippen molar-refractivity contribution in [2.45, 2.75) is 58.9 Å². The average Bonchev–Trinajstić information content (AvgIpc) is 2.34. The van der Waals surface area contributed by atoms with Crippen LogP contribution in [0.25, 0.3) is 0 Å². The van der Waals surface area contributed by atoms with Crippen LogP contribution in [0.2, 0.25) is 0 Å². The Kier molecular flexibility index (Phi) is 7.06. The van der Waals surface area contributed by atoms with E-state index in [4.69, 9.17) is 5.73 Å². The Morgan fingerprint density at radius 3 is 2.07 bits per heavy atom. The van der Waals surface area contributed by atoms with Crippen molar-refractivity contribution in [3.8, 4) is 0 Å². The summed E-state index contributed by atoms with van der Waals surface area (Å²) in [5, 5.41) is 0. The van der Waals surface area contributed by atoms with E-state index in [1.165, 1.54) is 0 Å². The second-order valence-corrected chi connectivity index (χ2v) is 3.89. The Morgan fingerprint density at radius 1 is 1.07 bits per heavy atom. The maximum Gasteiger partial charge on any atom is 0.241 e. The van der Waals surface area contributed by atoms with Gasteiger partial charge < -0.3 is 5.73 Å². The number of hydrogen-bond donors (Lipinski definition) is 1. The van der Waals surface area contributed by atoms with E-state index in [0.717, 1.165) is 12.8 Å². The van der Waals surface area contributed by atoms with Gasteiger partial charge in [0.05, 0.1) is 0 Å². The highest BCUT2D eigenvalue weighted by Gasteiger charge is 2.26. The van der Waals surface area contributed by atoms with Crippen LogP contribution in [0, 0.1) is 11.8 Å². The van der Waals surface area contributed by atoms with Crippen molar-refractivity contribution in [2.24, 2.45) is 17.6 Å². The van der Waals surface area contributed by atoms with Crippen LogP contribution in [-0.2, 0) is 0 Å². The van der Waals surface area contributed by atoms with Gasteiger partial charge in [-0.25, -0.2) is 8.78 Å². The van der Waals surface area contributed by atoms with Crippen molar-refractivity contribution in [3.05, 3.63) is 0 Å². The fraction of sp³-hybridized carbons (Fsp3) is 1.00. The molecule has 1 aliphatic carbocycles. The van der Waals surface area contributed by atoms with E-state index in [0.29, 0.717) is 18.8 Å². The van der Waals surface area contributed by atoms with Crippen LogP contribution < -0.4 is 5.73 Å². The molecule has 0 heterocycles. The third-order valence-electron chi connectivity index (χ3n) is 2.95. The molecule has 1 fully saturated rings. The molecule has 0 aliphatic heterocycles. The number of rotatable bonds is 1. The monoisotopic (exact) mass is 207 g/mol. The zero-order chi connectivity index (χ0) is 11.1. The number of halogens is 2. The highest BCUT2D eigenvalue weighted by molar-refractivity contribution is 4.77. The van der Waals surface area contributed by atoms with Gasteiger partial charge in [-0.2, -0.15) is 0 Å². The van der Waals surface area contributed by atoms with E-state index in [1.54, 1.807) is 0 Å². The molecule has 1 aliphatic rings. The van der Waals surface area contributed by atoms with Gasteiger partial charge in [0, 0.05) is 12.0 Å². The maximum atomic E-state index is 12.3. The standard InChI is InChI=1S/C9H17F2N.C2H6/c1-6-2-3-7(9(10)11)4-5-8(6)12;1-2/h6-9H,2-5,12H2,1H3;1-2H3. The van der Waals surface area contributed by atoms with Gasteiger partial charge in [-0.1, -0.05) is 20.8 Å². The first kappa shape index (κ1) is 13.8. The molecule has 3 heteroatoms. The van der Waals surface area contributed by atoms with Crippen LogP contribution in [-0.4, -0.2) is 12.5 Å². The summed E-state index contributed by atoms with van der Waals surface area (Å²) in [5.41, 5.74) is 5.80. The highest BCUT2D eigenvalue weighted by Crippen LogP contribution is 2.29. The van der Waals surface area contributed by atoms with E-state index in [1.807, 2.05) is 13.8 Å². The van der Waals surface area contributed by atoms with Crippen LogP contribution in [0.5, 0.6) is 0 Å². The third-order valence-corrected chi connectivity index (χ3v) is 2.95. The quantitative estimate of drug-likeness (QED) is 0.655. The summed E-state index contributed by atoms with van der Waals surface area (Å²) < 4.78 is 24.6. The Balaban J connectivity index is 0.000000791. The Labute approximate surface area is 86.1 Å². The molecule has 0 aromatic rings. The van der Waals surface area contributed by atoms with Gasteiger partial charge in [0.25, 0.3) is 0 Å². The van der Waals surface area contributed by atoms with E-state index in [9.17, 15) is 8.78 Å². The first-order valence-corrected chi connectivity index (χ1v) is 5.65. The van der Waals surface area contributed by atoms with Crippen molar-refractivity contribution < 1.29 is 8.78 Å². The number of hydrogen-bond acceptors (Lipinski definition) is 1. The zero-order valence-electron chi connectivity index (χ0n) is 9.47. The first-order chi connectivity index (χ1) is 6.61. The summed E-state index contributed by atoms with van der Waals surface area (Å²) >= 11 is 0. The minimum Gasteiger partial charge on any atom is -0.327 e. The van der Waals surface area contributed by atoms with Gasteiger partial charge in [-0.3, -0.25) is 0 Å². The molecule has 0 aromatic heterocycles. The van der Waals surface area contributed by atoms with Gasteiger partial charge in [0.2, 0.25) is 6.43 Å². The van der Waals surface area contributed by atoms with Gasteiger partial charge in [0.1, 0.15) is 0 Å². The van der Waals surface area contributed by atoms with Gasteiger partial charge in [0.15, 0.2) is 0 Å². The molecule has 0 spiro atoms. The first-order valence-electron chi connectivity index (χ1n) is 5.65. The predicted octanol–water partition coefficient (Wildman–Crippen LogP) is 3.43. The molecular weight excluding hydrogens is 184 g/mol. The highest BCUT2D eigenvalue weighted by atomic mass is 19.3. The molecule has 1 nitrogen and oxygen atoms in total. The molecule has 86 valence electrons. The molecule has 0 saturated heterocycles. The minimum absolute atomic E-state index is 0.133. The molecule has 3 atom stereocenters. The maximum absolute atomic E-state index is 12.3. The number of nitrogens with two attached hydrogens (primary N) is 1. The van der Waals surface area contributed by atoms with Crippen molar-refractivity contribution in [3.63, 3.8) is 0 Å². The molecule has 14 heavy (non-hydrogen) atoms. The molecule has 1 saturated carbocycles. The molecule has 0 aromatic carbocycles. The summed E-state index contributed by atoms with van der Waals surface area (Å²) in [7, 11) is 0. The van der Waals surface area contributed by atoms with E-state index < -0.39 is 12.3 Å². The molecule has 3 unspecified atom stereocenters. The summed E-state index contributed by atoms with van der Waals surface area (Å²) in [5.74, 6) is 0.00903. The molecule has 2 N–H and O–H groups in total. The lowest BCUT2D eigenvalue weighted by Gasteiger charge is -2.14. The minimum atomic E-state index is -2.15. The van der Waals surface area contributed by atoms with Crippen LogP contribution >= 0.6 is 0 Å². The van der Waals surface area contributed by atoms with Crippen molar-refractivity contribution in [2.75, 3.05) is 0 Å². The molecule has 0 bridgehead atoms. The van der Waals surface area contributed by atoms with Gasteiger partial charge in [-0.05, 0) is 31.6 Å². The largest absolute Gasteiger partial charge is 0.327 e. The van der Waals surface area contributed by atoms with E-state index >= 15 is 0 Å². The molecular formula is C11H23F2N. The third kappa shape index (κ3) is 4.36. The smallest absolute Gasteiger partial charge is 0.241 e. The van der Waals surface area contributed by atoms with Gasteiger partial charge in [-0.15, -0.1) is 0 Å². The van der Waals surface area contributed by atoms with Crippen LogP contribution in [0.4, 0.5) is 8.78 Å². The lowest BCUT2D eigenvalue weighted by Crippen LogP contribution is -2.26. The van der Waals surface area contributed by atoms with E-state index in [-0.39, 0.29) is 6.04 Å². The van der Waals surface area contributed by atoms with E-state index in [2.05, 4.69) is 6.92 Å². The Hall–Kier alpha value is -0.180. The SMILES string of the molecule is CC.CC1CCC(C(F)F)CCC1N. The predicted molar refractivity (Wildman–Crippen MR) is 56.4 cm³/mol. The van der Waals surface area contributed by atoms with Crippen LogP contribution in [0.1, 0.15) is 46.5 Å².